The SMILES string of the molecule is CC(C)C(=O)N1CCCCC1CCN1CCCC1. The van der Waals surface area contributed by atoms with Crippen molar-refractivity contribution in [1.82, 2.24) is 9.80 Å². The van der Waals surface area contributed by atoms with Crippen molar-refractivity contribution in [2.45, 2.75) is 58.4 Å². The molecule has 0 aliphatic carbocycles. The number of rotatable bonds is 4. The molecule has 18 heavy (non-hydrogen) atoms. The Morgan fingerprint density at radius 2 is 1.78 bits per heavy atom. The standard InChI is InChI=1S/C15H28N2O/c1-13(2)15(18)17-11-4-3-7-14(17)8-12-16-9-5-6-10-16/h13-14H,3-12H2,1-2H3. The molecule has 2 rings (SSSR count). The predicted octanol–water partition coefficient (Wildman–Crippen LogP) is 2.51. The highest BCUT2D eigenvalue weighted by Gasteiger charge is 2.28. The average molecular weight is 252 g/mol. The summed E-state index contributed by atoms with van der Waals surface area (Å²) in [7, 11) is 0. The minimum Gasteiger partial charge on any atom is -0.339 e. The molecule has 0 aromatic rings. The summed E-state index contributed by atoms with van der Waals surface area (Å²) < 4.78 is 0. The van der Waals surface area contributed by atoms with Crippen molar-refractivity contribution < 1.29 is 4.79 Å². The van der Waals surface area contributed by atoms with Crippen LogP contribution in [0.25, 0.3) is 0 Å². The van der Waals surface area contributed by atoms with Crippen LogP contribution >= 0.6 is 0 Å². The summed E-state index contributed by atoms with van der Waals surface area (Å²) >= 11 is 0. The van der Waals surface area contributed by atoms with Crippen LogP contribution in [0.2, 0.25) is 0 Å². The van der Waals surface area contributed by atoms with Crippen LogP contribution in [-0.2, 0) is 4.79 Å². The van der Waals surface area contributed by atoms with Gasteiger partial charge in [-0.05, 0) is 51.6 Å². The van der Waals surface area contributed by atoms with Gasteiger partial charge in [0.2, 0.25) is 5.91 Å². The molecule has 0 bridgehead atoms. The zero-order valence-corrected chi connectivity index (χ0v) is 12.0. The van der Waals surface area contributed by atoms with Gasteiger partial charge in [0, 0.05) is 25.0 Å². The molecular weight excluding hydrogens is 224 g/mol. The first kappa shape index (κ1) is 13.9. The zero-order chi connectivity index (χ0) is 13.0. The quantitative estimate of drug-likeness (QED) is 0.767. The molecule has 0 N–H and O–H groups in total. The van der Waals surface area contributed by atoms with Gasteiger partial charge in [0.1, 0.15) is 0 Å². The number of hydrogen-bond donors (Lipinski definition) is 0. The Bertz CT molecular complexity index is 272. The van der Waals surface area contributed by atoms with Crippen molar-refractivity contribution in [3.05, 3.63) is 0 Å². The summed E-state index contributed by atoms with van der Waals surface area (Å²) in [5.41, 5.74) is 0. The van der Waals surface area contributed by atoms with E-state index in [2.05, 4.69) is 9.80 Å². The molecule has 0 radical (unpaired) electrons. The van der Waals surface area contributed by atoms with E-state index in [0.29, 0.717) is 11.9 Å². The topological polar surface area (TPSA) is 23.6 Å². The molecule has 3 heteroatoms. The number of hydrogen-bond acceptors (Lipinski definition) is 2. The maximum Gasteiger partial charge on any atom is 0.225 e. The van der Waals surface area contributed by atoms with Crippen molar-refractivity contribution in [3.63, 3.8) is 0 Å². The molecule has 0 saturated carbocycles. The molecule has 0 aromatic heterocycles. The lowest BCUT2D eigenvalue weighted by Gasteiger charge is -2.37. The van der Waals surface area contributed by atoms with Gasteiger partial charge in [-0.2, -0.15) is 0 Å². The predicted molar refractivity (Wildman–Crippen MR) is 74.5 cm³/mol. The van der Waals surface area contributed by atoms with Gasteiger partial charge in [0.15, 0.2) is 0 Å². The minimum atomic E-state index is 0.150. The first-order chi connectivity index (χ1) is 8.68. The first-order valence-corrected chi connectivity index (χ1v) is 7.71. The third-order valence-corrected chi connectivity index (χ3v) is 4.38. The first-order valence-electron chi connectivity index (χ1n) is 7.71. The smallest absolute Gasteiger partial charge is 0.225 e. The van der Waals surface area contributed by atoms with Crippen LogP contribution in [0.4, 0.5) is 0 Å². The average Bonchev–Trinajstić information content (AvgIpc) is 2.89. The number of carbonyl (C=O) groups is 1. The van der Waals surface area contributed by atoms with Crippen LogP contribution in [0.5, 0.6) is 0 Å². The summed E-state index contributed by atoms with van der Waals surface area (Å²) in [5.74, 6) is 0.513. The van der Waals surface area contributed by atoms with Gasteiger partial charge in [0.05, 0.1) is 0 Å². The molecule has 0 spiro atoms. The van der Waals surface area contributed by atoms with Gasteiger partial charge in [-0.15, -0.1) is 0 Å². The summed E-state index contributed by atoms with van der Waals surface area (Å²) in [6.45, 7) is 8.76. The van der Waals surface area contributed by atoms with Gasteiger partial charge in [-0.3, -0.25) is 4.79 Å². The lowest BCUT2D eigenvalue weighted by molar-refractivity contribution is -0.138. The van der Waals surface area contributed by atoms with E-state index in [9.17, 15) is 4.79 Å². The summed E-state index contributed by atoms with van der Waals surface area (Å²) in [5, 5.41) is 0. The van der Waals surface area contributed by atoms with E-state index in [1.165, 1.54) is 58.2 Å². The largest absolute Gasteiger partial charge is 0.339 e. The fourth-order valence-electron chi connectivity index (χ4n) is 3.26. The molecular formula is C15H28N2O. The van der Waals surface area contributed by atoms with E-state index in [4.69, 9.17) is 0 Å². The fourth-order valence-corrected chi connectivity index (χ4v) is 3.26. The molecule has 1 atom stereocenters. The third-order valence-electron chi connectivity index (χ3n) is 4.38. The molecule has 2 heterocycles. The number of nitrogens with zero attached hydrogens (tertiary/aromatic N) is 2. The molecule has 1 unspecified atom stereocenters. The molecule has 1 amide bonds. The van der Waals surface area contributed by atoms with Crippen LogP contribution in [0.3, 0.4) is 0 Å². The van der Waals surface area contributed by atoms with E-state index < -0.39 is 0 Å². The van der Waals surface area contributed by atoms with E-state index >= 15 is 0 Å². The molecule has 2 aliphatic heterocycles. The van der Waals surface area contributed by atoms with Crippen molar-refractivity contribution in [3.8, 4) is 0 Å². The second kappa shape index (κ2) is 6.55. The highest BCUT2D eigenvalue weighted by Crippen LogP contribution is 2.22. The minimum absolute atomic E-state index is 0.150. The maximum atomic E-state index is 12.2. The molecule has 2 aliphatic rings. The maximum absolute atomic E-state index is 12.2. The summed E-state index contributed by atoms with van der Waals surface area (Å²) in [4.78, 5) is 16.9. The van der Waals surface area contributed by atoms with Crippen molar-refractivity contribution in [2.75, 3.05) is 26.2 Å². The number of likely N-dealkylation sites (tertiary alicyclic amines) is 2. The highest BCUT2D eigenvalue weighted by atomic mass is 16.2. The van der Waals surface area contributed by atoms with E-state index in [1.807, 2.05) is 13.8 Å². The second-order valence-corrected chi connectivity index (χ2v) is 6.17. The third kappa shape index (κ3) is 3.47. The lowest BCUT2D eigenvalue weighted by atomic mass is 9.97. The molecule has 0 aromatic carbocycles. The Hall–Kier alpha value is -0.570. The van der Waals surface area contributed by atoms with Gasteiger partial charge in [0.25, 0.3) is 0 Å². The van der Waals surface area contributed by atoms with E-state index in [1.54, 1.807) is 0 Å². The second-order valence-electron chi connectivity index (χ2n) is 6.17. The Kier molecular flexibility index (Phi) is 5.04. The van der Waals surface area contributed by atoms with Gasteiger partial charge in [-0.25, -0.2) is 0 Å². The van der Waals surface area contributed by atoms with E-state index in [0.717, 1.165) is 6.54 Å². The van der Waals surface area contributed by atoms with Crippen molar-refractivity contribution >= 4 is 5.91 Å². The Morgan fingerprint density at radius 3 is 2.44 bits per heavy atom. The molecule has 2 fully saturated rings. The zero-order valence-electron chi connectivity index (χ0n) is 12.0. The Balaban J connectivity index is 1.84. The van der Waals surface area contributed by atoms with Crippen LogP contribution in [0.1, 0.15) is 52.4 Å². The van der Waals surface area contributed by atoms with E-state index in [-0.39, 0.29) is 5.92 Å². The Labute approximate surface area is 112 Å². The van der Waals surface area contributed by atoms with Gasteiger partial charge >= 0.3 is 0 Å². The van der Waals surface area contributed by atoms with Gasteiger partial charge in [-0.1, -0.05) is 13.8 Å². The lowest BCUT2D eigenvalue weighted by Crippen LogP contribution is -2.46. The summed E-state index contributed by atoms with van der Waals surface area (Å²) in [6, 6.07) is 0.509. The number of amides is 1. The van der Waals surface area contributed by atoms with Crippen LogP contribution in [0, 0.1) is 5.92 Å². The highest BCUT2D eigenvalue weighted by molar-refractivity contribution is 5.78. The molecule has 104 valence electrons. The van der Waals surface area contributed by atoms with Crippen molar-refractivity contribution in [2.24, 2.45) is 5.92 Å². The Morgan fingerprint density at radius 1 is 1.11 bits per heavy atom. The fraction of sp³-hybridized carbons (Fsp3) is 0.933. The van der Waals surface area contributed by atoms with Crippen molar-refractivity contribution in [1.29, 1.82) is 0 Å². The normalized spacial score (nSPS) is 25.9. The molecule has 2 saturated heterocycles. The van der Waals surface area contributed by atoms with Crippen LogP contribution < -0.4 is 0 Å². The number of piperidine rings is 1. The van der Waals surface area contributed by atoms with Crippen LogP contribution in [-0.4, -0.2) is 47.9 Å². The number of carbonyl (C=O) groups excluding carboxylic acids is 1. The molecule has 3 nitrogen and oxygen atoms in total. The monoisotopic (exact) mass is 252 g/mol. The van der Waals surface area contributed by atoms with Gasteiger partial charge < -0.3 is 9.80 Å². The summed E-state index contributed by atoms with van der Waals surface area (Å²) in [6.07, 6.45) is 7.61. The van der Waals surface area contributed by atoms with Crippen LogP contribution in [0.15, 0.2) is 0 Å².